The Morgan fingerprint density at radius 2 is 2.18 bits per heavy atom. The number of amides is 1. The van der Waals surface area contributed by atoms with Gasteiger partial charge in [0.15, 0.2) is 0 Å². The number of nitrogens with one attached hydrogen (secondary N) is 1. The Morgan fingerprint density at radius 1 is 1.41 bits per heavy atom. The molecule has 0 spiro atoms. The first-order valence-corrected chi connectivity index (χ1v) is 6.90. The van der Waals surface area contributed by atoms with E-state index in [0.717, 1.165) is 8.95 Å². The lowest BCUT2D eigenvalue weighted by molar-refractivity contribution is 0.102. The molecule has 1 N–H and O–H groups in total. The maximum Gasteiger partial charge on any atom is 0.256 e. The molecule has 0 bridgehead atoms. The van der Waals surface area contributed by atoms with Crippen molar-refractivity contribution in [2.75, 3.05) is 5.32 Å². The molecule has 88 valence electrons. The molecule has 0 radical (unpaired) electrons. The van der Waals surface area contributed by atoms with Crippen LogP contribution in [-0.2, 0) is 0 Å². The lowest BCUT2D eigenvalue weighted by Gasteiger charge is -2.05. The van der Waals surface area contributed by atoms with Crippen LogP contribution in [0.3, 0.4) is 0 Å². The molecule has 0 aliphatic carbocycles. The summed E-state index contributed by atoms with van der Waals surface area (Å²) in [6.07, 6.45) is 0. The van der Waals surface area contributed by atoms with Gasteiger partial charge in [-0.1, -0.05) is 11.6 Å². The van der Waals surface area contributed by atoms with E-state index < -0.39 is 5.82 Å². The highest BCUT2D eigenvalue weighted by Crippen LogP contribution is 2.21. The Labute approximate surface area is 120 Å². The number of hydrogen-bond donors (Lipinski definition) is 1. The fourth-order valence-corrected chi connectivity index (χ4v) is 2.70. The fraction of sp³-hybridized carbons (Fsp3) is 0. The van der Waals surface area contributed by atoms with Gasteiger partial charge in [0.25, 0.3) is 5.91 Å². The van der Waals surface area contributed by atoms with E-state index in [2.05, 4.69) is 27.9 Å². The molecule has 0 saturated heterocycles. The van der Waals surface area contributed by atoms with Crippen LogP contribution in [-0.4, -0.2) is 5.91 Å². The van der Waals surface area contributed by atoms with Gasteiger partial charge in [-0.25, -0.2) is 4.39 Å². The molecule has 0 aliphatic heterocycles. The average Bonchev–Trinajstić information content (AvgIpc) is 2.69. The summed E-state index contributed by atoms with van der Waals surface area (Å²) in [7, 11) is 0. The molecule has 1 amide bonds. The van der Waals surface area contributed by atoms with E-state index in [1.165, 1.54) is 23.5 Å². The molecular formula is C11H6ClFINOS. The minimum absolute atomic E-state index is 0.126. The highest BCUT2D eigenvalue weighted by molar-refractivity contribution is 14.1. The average molecular weight is 382 g/mol. The van der Waals surface area contributed by atoms with Gasteiger partial charge in [0.1, 0.15) is 5.82 Å². The van der Waals surface area contributed by atoms with Crippen molar-refractivity contribution in [3.8, 4) is 0 Å². The number of anilines is 1. The van der Waals surface area contributed by atoms with Crippen LogP contribution in [0.5, 0.6) is 0 Å². The summed E-state index contributed by atoms with van der Waals surface area (Å²) in [5.41, 5.74) is 0.648. The van der Waals surface area contributed by atoms with E-state index in [0.29, 0.717) is 10.6 Å². The summed E-state index contributed by atoms with van der Waals surface area (Å²) in [5, 5.41) is 4.52. The first-order chi connectivity index (χ1) is 8.06. The smallest absolute Gasteiger partial charge is 0.256 e. The van der Waals surface area contributed by atoms with E-state index in [9.17, 15) is 9.18 Å². The van der Waals surface area contributed by atoms with Gasteiger partial charge in [-0.2, -0.15) is 0 Å². The Hall–Kier alpha value is -0.660. The molecule has 2 aromatic rings. The maximum absolute atomic E-state index is 13.4. The number of thiophene rings is 1. The van der Waals surface area contributed by atoms with E-state index in [4.69, 9.17) is 11.6 Å². The predicted octanol–water partition coefficient (Wildman–Crippen LogP) is 4.40. The summed E-state index contributed by atoms with van der Waals surface area (Å²) < 4.78 is 14.4. The van der Waals surface area contributed by atoms with Gasteiger partial charge in [-0.3, -0.25) is 4.79 Å². The molecule has 2 nitrogen and oxygen atoms in total. The number of hydrogen-bond acceptors (Lipinski definition) is 2. The third-order valence-corrected chi connectivity index (χ3v) is 4.03. The fourth-order valence-electron chi connectivity index (χ4n) is 1.21. The number of halogens is 3. The van der Waals surface area contributed by atoms with Crippen molar-refractivity contribution in [3.63, 3.8) is 0 Å². The van der Waals surface area contributed by atoms with Crippen LogP contribution >= 0.6 is 45.5 Å². The largest absolute Gasteiger partial charge is 0.319 e. The van der Waals surface area contributed by atoms with Crippen LogP contribution in [0.4, 0.5) is 10.1 Å². The van der Waals surface area contributed by atoms with Crippen molar-refractivity contribution in [2.45, 2.75) is 0 Å². The van der Waals surface area contributed by atoms with Gasteiger partial charge in [-0.05, 0) is 46.9 Å². The zero-order chi connectivity index (χ0) is 12.4. The minimum atomic E-state index is -0.546. The topological polar surface area (TPSA) is 29.1 Å². The third-order valence-electron chi connectivity index (χ3n) is 2.01. The zero-order valence-electron chi connectivity index (χ0n) is 8.34. The Morgan fingerprint density at radius 3 is 2.76 bits per heavy atom. The normalized spacial score (nSPS) is 10.3. The van der Waals surface area contributed by atoms with Gasteiger partial charge < -0.3 is 5.32 Å². The van der Waals surface area contributed by atoms with Crippen molar-refractivity contribution in [3.05, 3.63) is 48.9 Å². The molecule has 0 saturated carbocycles. The summed E-state index contributed by atoms with van der Waals surface area (Å²) in [5.74, 6) is -0.874. The predicted molar refractivity (Wildman–Crippen MR) is 76.4 cm³/mol. The highest BCUT2D eigenvalue weighted by Gasteiger charge is 2.11. The number of carbonyl (C=O) groups excluding carboxylic acids is 1. The molecule has 1 aromatic heterocycles. The molecule has 0 aliphatic rings. The molecule has 6 heteroatoms. The first kappa shape index (κ1) is 12.8. The van der Waals surface area contributed by atoms with Crippen LogP contribution in [0.15, 0.2) is 29.6 Å². The molecular weight excluding hydrogens is 376 g/mol. The third kappa shape index (κ3) is 3.17. The number of rotatable bonds is 2. The van der Waals surface area contributed by atoms with Crippen LogP contribution in [0.25, 0.3) is 0 Å². The van der Waals surface area contributed by atoms with E-state index in [1.807, 2.05) is 0 Å². The Balaban J connectivity index is 2.18. The van der Waals surface area contributed by atoms with Gasteiger partial charge in [0.05, 0.1) is 14.1 Å². The van der Waals surface area contributed by atoms with Crippen molar-refractivity contribution in [2.24, 2.45) is 0 Å². The van der Waals surface area contributed by atoms with E-state index in [-0.39, 0.29) is 11.6 Å². The monoisotopic (exact) mass is 381 g/mol. The first-order valence-electron chi connectivity index (χ1n) is 4.56. The standard InChI is InChI=1S/C11H6ClFINOS/c12-7-1-2-9(8(13)4-7)15-11(16)6-3-10(14)17-5-6/h1-5H,(H,15,16). The lowest BCUT2D eigenvalue weighted by atomic mass is 10.2. The van der Waals surface area contributed by atoms with Gasteiger partial charge in [0.2, 0.25) is 0 Å². The molecule has 17 heavy (non-hydrogen) atoms. The van der Waals surface area contributed by atoms with Crippen LogP contribution in [0, 0.1) is 8.70 Å². The SMILES string of the molecule is O=C(Nc1ccc(Cl)cc1F)c1csc(I)c1. The minimum Gasteiger partial charge on any atom is -0.319 e. The summed E-state index contributed by atoms with van der Waals surface area (Å²) >= 11 is 9.21. The summed E-state index contributed by atoms with van der Waals surface area (Å²) in [4.78, 5) is 11.8. The summed E-state index contributed by atoms with van der Waals surface area (Å²) in [6, 6.07) is 5.87. The second kappa shape index (κ2) is 5.32. The highest BCUT2D eigenvalue weighted by atomic mass is 127. The van der Waals surface area contributed by atoms with Gasteiger partial charge in [-0.15, -0.1) is 11.3 Å². The maximum atomic E-state index is 13.4. The number of benzene rings is 1. The molecule has 0 fully saturated rings. The van der Waals surface area contributed by atoms with Crippen molar-refractivity contribution < 1.29 is 9.18 Å². The van der Waals surface area contributed by atoms with Crippen molar-refractivity contribution >= 4 is 57.1 Å². The van der Waals surface area contributed by atoms with E-state index in [1.54, 1.807) is 11.4 Å². The summed E-state index contributed by atoms with van der Waals surface area (Å²) in [6.45, 7) is 0. The van der Waals surface area contributed by atoms with Gasteiger partial charge in [0, 0.05) is 10.4 Å². The second-order valence-corrected chi connectivity index (χ2v) is 6.46. The second-order valence-electron chi connectivity index (χ2n) is 3.22. The molecule has 1 aromatic carbocycles. The van der Waals surface area contributed by atoms with E-state index >= 15 is 0 Å². The van der Waals surface area contributed by atoms with Crippen LogP contribution in [0.2, 0.25) is 5.02 Å². The van der Waals surface area contributed by atoms with Crippen molar-refractivity contribution in [1.82, 2.24) is 0 Å². The molecule has 0 atom stereocenters. The molecule has 0 unspecified atom stereocenters. The number of carbonyl (C=O) groups is 1. The quantitative estimate of drug-likeness (QED) is 0.768. The zero-order valence-corrected chi connectivity index (χ0v) is 12.1. The van der Waals surface area contributed by atoms with Crippen molar-refractivity contribution in [1.29, 1.82) is 0 Å². The molecule has 2 rings (SSSR count). The molecule has 1 heterocycles. The van der Waals surface area contributed by atoms with Crippen LogP contribution < -0.4 is 5.32 Å². The Kier molecular flexibility index (Phi) is 4.01. The Bertz CT molecular complexity index is 572. The lowest BCUT2D eigenvalue weighted by Crippen LogP contribution is -2.11. The van der Waals surface area contributed by atoms with Gasteiger partial charge >= 0.3 is 0 Å². The van der Waals surface area contributed by atoms with Crippen LogP contribution in [0.1, 0.15) is 10.4 Å².